The summed E-state index contributed by atoms with van der Waals surface area (Å²) in [6.07, 6.45) is -0.942. The van der Waals surface area contributed by atoms with Crippen LogP contribution in [-0.2, 0) is 22.7 Å². The van der Waals surface area contributed by atoms with Crippen molar-refractivity contribution in [1.82, 2.24) is 14.8 Å². The highest BCUT2D eigenvalue weighted by Crippen LogP contribution is 2.41. The van der Waals surface area contributed by atoms with E-state index in [2.05, 4.69) is 15.2 Å². The first kappa shape index (κ1) is 20.3. The molecule has 2 amide bonds. The first-order chi connectivity index (χ1) is 14.2. The van der Waals surface area contributed by atoms with Gasteiger partial charge >= 0.3 is 6.18 Å². The maximum absolute atomic E-state index is 13.4. The van der Waals surface area contributed by atoms with E-state index in [0.29, 0.717) is 42.9 Å². The number of likely N-dealkylation sites (tertiary alicyclic amines) is 1. The van der Waals surface area contributed by atoms with Gasteiger partial charge < -0.3 is 14.5 Å². The molecule has 1 atom stereocenters. The summed E-state index contributed by atoms with van der Waals surface area (Å²) in [5.41, 5.74) is 1.06. The van der Waals surface area contributed by atoms with Crippen LogP contribution in [0.4, 0.5) is 13.2 Å². The molecule has 1 unspecified atom stereocenters. The number of carbonyl (C=O) groups excluding carboxylic acids is 2. The van der Waals surface area contributed by atoms with E-state index in [-0.39, 0.29) is 30.8 Å². The number of piperidine rings is 1. The van der Waals surface area contributed by atoms with Gasteiger partial charge in [-0.15, -0.1) is 5.11 Å². The maximum Gasteiger partial charge on any atom is 0.406 e. The smallest absolute Gasteiger partial charge is 0.406 e. The third-order valence-corrected chi connectivity index (χ3v) is 5.55. The van der Waals surface area contributed by atoms with Crippen molar-refractivity contribution in [3.8, 4) is 5.75 Å². The van der Waals surface area contributed by atoms with Gasteiger partial charge in [-0.3, -0.25) is 14.6 Å². The van der Waals surface area contributed by atoms with Gasteiger partial charge in [0.15, 0.2) is 5.92 Å². The standard InChI is InChI=1S/C19H20F3N5O3/c1-11(28)26-6-3-12(4-7-26)30-16-2-5-23-14-10-27(9-13(14)16)15-8-24-25-18(29)17(15)19(20,21)22/h2,5,8,12,17H,3-4,6-7,9-10H2,1H3. The molecule has 0 saturated carbocycles. The number of fused-ring (bicyclic) bond motifs is 1. The molecule has 0 aliphatic carbocycles. The van der Waals surface area contributed by atoms with Crippen molar-refractivity contribution in [3.05, 3.63) is 35.4 Å². The monoisotopic (exact) mass is 423 g/mol. The zero-order valence-corrected chi connectivity index (χ0v) is 16.2. The molecular weight excluding hydrogens is 403 g/mol. The number of hydrogen-bond acceptors (Lipinski definition) is 6. The maximum atomic E-state index is 13.4. The summed E-state index contributed by atoms with van der Waals surface area (Å²) >= 11 is 0. The zero-order chi connectivity index (χ0) is 21.5. The predicted octanol–water partition coefficient (Wildman–Crippen LogP) is 2.80. The van der Waals surface area contributed by atoms with Crippen molar-refractivity contribution in [2.45, 2.75) is 45.1 Å². The minimum absolute atomic E-state index is 0.0283. The second-order valence-corrected chi connectivity index (χ2v) is 7.50. The number of carbonyl (C=O) groups is 2. The molecule has 1 aromatic rings. The van der Waals surface area contributed by atoms with Crippen molar-refractivity contribution in [3.63, 3.8) is 0 Å². The highest BCUT2D eigenvalue weighted by molar-refractivity contribution is 5.83. The number of aromatic nitrogens is 1. The van der Waals surface area contributed by atoms with Crippen molar-refractivity contribution in [2.75, 3.05) is 13.1 Å². The molecule has 160 valence electrons. The molecule has 0 spiro atoms. The lowest BCUT2D eigenvalue weighted by Crippen LogP contribution is -2.40. The molecule has 0 aromatic carbocycles. The number of pyridine rings is 1. The lowest BCUT2D eigenvalue weighted by atomic mass is 10.0. The Morgan fingerprint density at radius 3 is 2.63 bits per heavy atom. The third kappa shape index (κ3) is 3.88. The van der Waals surface area contributed by atoms with Crippen molar-refractivity contribution < 1.29 is 27.5 Å². The Labute approximate surface area is 170 Å². The van der Waals surface area contributed by atoms with E-state index in [4.69, 9.17) is 4.74 Å². The van der Waals surface area contributed by atoms with Crippen LogP contribution >= 0.6 is 0 Å². The average molecular weight is 423 g/mol. The van der Waals surface area contributed by atoms with Crippen LogP contribution in [0.2, 0.25) is 0 Å². The summed E-state index contributed by atoms with van der Waals surface area (Å²) < 4.78 is 46.4. The van der Waals surface area contributed by atoms with Crippen molar-refractivity contribution in [1.29, 1.82) is 0 Å². The second-order valence-electron chi connectivity index (χ2n) is 7.50. The molecule has 3 aliphatic rings. The Balaban J connectivity index is 1.50. The normalized spacial score (nSPS) is 22.2. The summed E-state index contributed by atoms with van der Waals surface area (Å²) in [6, 6.07) is 1.70. The minimum Gasteiger partial charge on any atom is -0.490 e. The summed E-state index contributed by atoms with van der Waals surface area (Å²) in [6.45, 7) is 2.99. The number of halogens is 3. The molecule has 0 radical (unpaired) electrons. The summed E-state index contributed by atoms with van der Waals surface area (Å²) in [4.78, 5) is 30.7. The van der Waals surface area contributed by atoms with Crippen LogP contribution in [0.25, 0.3) is 0 Å². The van der Waals surface area contributed by atoms with E-state index in [1.165, 1.54) is 11.8 Å². The zero-order valence-electron chi connectivity index (χ0n) is 16.2. The molecule has 1 saturated heterocycles. The van der Waals surface area contributed by atoms with E-state index in [1.54, 1.807) is 17.2 Å². The first-order valence-electron chi connectivity index (χ1n) is 9.59. The SMILES string of the molecule is CC(=O)N1CCC(Oc2ccnc3c2CN(C2=CN=NC(=O)C2C(F)(F)F)C3)CC1. The summed E-state index contributed by atoms with van der Waals surface area (Å²) in [7, 11) is 0. The summed E-state index contributed by atoms with van der Waals surface area (Å²) in [5.74, 6) is -3.06. The molecule has 3 aliphatic heterocycles. The van der Waals surface area contributed by atoms with Crippen LogP contribution in [0.5, 0.6) is 5.75 Å². The number of hydrogen-bond donors (Lipinski definition) is 0. The van der Waals surface area contributed by atoms with Gasteiger partial charge in [-0.05, 0) is 6.07 Å². The predicted molar refractivity (Wildman–Crippen MR) is 96.9 cm³/mol. The van der Waals surface area contributed by atoms with Gasteiger partial charge in [-0.25, -0.2) is 0 Å². The number of nitrogens with zero attached hydrogens (tertiary/aromatic N) is 5. The second kappa shape index (κ2) is 7.69. The third-order valence-electron chi connectivity index (χ3n) is 5.55. The van der Waals surface area contributed by atoms with E-state index >= 15 is 0 Å². The van der Waals surface area contributed by atoms with Gasteiger partial charge in [0.25, 0.3) is 5.91 Å². The fourth-order valence-corrected chi connectivity index (χ4v) is 3.99. The lowest BCUT2D eigenvalue weighted by molar-refractivity contribution is -0.177. The van der Waals surface area contributed by atoms with Crippen LogP contribution in [0.15, 0.2) is 34.4 Å². The number of alkyl halides is 3. The molecule has 1 fully saturated rings. The molecule has 8 nitrogen and oxygen atoms in total. The molecule has 1 aromatic heterocycles. The Morgan fingerprint density at radius 2 is 1.97 bits per heavy atom. The van der Waals surface area contributed by atoms with Gasteiger partial charge in [0.05, 0.1) is 24.1 Å². The molecular formula is C19H20F3N5O3. The van der Waals surface area contributed by atoms with Crippen LogP contribution < -0.4 is 4.74 Å². The number of rotatable bonds is 3. The van der Waals surface area contributed by atoms with E-state index in [0.717, 1.165) is 6.20 Å². The van der Waals surface area contributed by atoms with Crippen LogP contribution in [0.1, 0.15) is 31.0 Å². The fourth-order valence-electron chi connectivity index (χ4n) is 3.99. The highest BCUT2D eigenvalue weighted by Gasteiger charge is 2.51. The lowest BCUT2D eigenvalue weighted by Gasteiger charge is -2.32. The molecule has 11 heteroatoms. The minimum atomic E-state index is -4.76. The quantitative estimate of drug-likeness (QED) is 0.746. The molecule has 0 bridgehead atoms. The molecule has 4 rings (SSSR count). The Hall–Kier alpha value is -2.98. The topological polar surface area (TPSA) is 87.5 Å². The summed E-state index contributed by atoms with van der Waals surface area (Å²) in [5, 5.41) is 6.49. The van der Waals surface area contributed by atoms with Gasteiger partial charge in [0, 0.05) is 51.2 Å². The van der Waals surface area contributed by atoms with Crippen molar-refractivity contribution >= 4 is 11.8 Å². The Morgan fingerprint density at radius 1 is 1.23 bits per heavy atom. The van der Waals surface area contributed by atoms with E-state index in [1.807, 2.05) is 0 Å². The number of amides is 2. The molecule has 30 heavy (non-hydrogen) atoms. The van der Waals surface area contributed by atoms with Crippen LogP contribution in [-0.4, -0.2) is 52.0 Å². The first-order valence-corrected chi connectivity index (χ1v) is 9.59. The largest absolute Gasteiger partial charge is 0.490 e. The Bertz CT molecular complexity index is 922. The number of ether oxygens (including phenoxy) is 1. The van der Waals surface area contributed by atoms with Gasteiger partial charge in [-0.2, -0.15) is 18.3 Å². The molecule has 4 heterocycles. The van der Waals surface area contributed by atoms with Crippen molar-refractivity contribution in [2.24, 2.45) is 16.1 Å². The fraction of sp³-hybridized carbons (Fsp3) is 0.526. The van der Waals surface area contributed by atoms with Gasteiger partial charge in [0.1, 0.15) is 11.9 Å². The van der Waals surface area contributed by atoms with E-state index < -0.39 is 18.0 Å². The molecule has 0 N–H and O–H groups in total. The number of azo groups is 1. The average Bonchev–Trinajstić information content (AvgIpc) is 3.12. The highest BCUT2D eigenvalue weighted by atomic mass is 19.4. The van der Waals surface area contributed by atoms with Gasteiger partial charge in [-0.1, -0.05) is 0 Å². The van der Waals surface area contributed by atoms with Gasteiger partial charge in [0.2, 0.25) is 5.91 Å². The van der Waals surface area contributed by atoms with Crippen LogP contribution in [0.3, 0.4) is 0 Å². The Kier molecular flexibility index (Phi) is 5.20. The van der Waals surface area contributed by atoms with Crippen LogP contribution in [0, 0.1) is 5.92 Å². The van der Waals surface area contributed by atoms with E-state index in [9.17, 15) is 22.8 Å².